The molecule has 1 unspecified atom stereocenters. The third-order valence-electron chi connectivity index (χ3n) is 5.63. The van der Waals surface area contributed by atoms with Gasteiger partial charge >= 0.3 is 0 Å². The summed E-state index contributed by atoms with van der Waals surface area (Å²) in [6.07, 6.45) is 4.52. The number of thiophene rings is 1. The average Bonchev–Trinajstić information content (AvgIpc) is 3.08. The fourth-order valence-corrected chi connectivity index (χ4v) is 5.44. The van der Waals surface area contributed by atoms with Crippen LogP contribution in [0.3, 0.4) is 0 Å². The molecule has 0 spiro atoms. The van der Waals surface area contributed by atoms with Gasteiger partial charge in [0.1, 0.15) is 11.4 Å². The monoisotopic (exact) mass is 403 g/mol. The van der Waals surface area contributed by atoms with Crippen molar-refractivity contribution in [3.05, 3.63) is 69.6 Å². The molecule has 5 nitrogen and oxygen atoms in total. The summed E-state index contributed by atoms with van der Waals surface area (Å²) in [6, 6.07) is 13.8. The van der Waals surface area contributed by atoms with Crippen LogP contribution in [0, 0.1) is 5.92 Å². The van der Waals surface area contributed by atoms with E-state index in [9.17, 15) is 9.59 Å². The van der Waals surface area contributed by atoms with Crippen LogP contribution in [0.4, 0.5) is 5.69 Å². The van der Waals surface area contributed by atoms with Crippen molar-refractivity contribution >= 4 is 43.9 Å². The van der Waals surface area contributed by atoms with Crippen LogP contribution in [0.2, 0.25) is 0 Å². The molecule has 0 saturated carbocycles. The van der Waals surface area contributed by atoms with Crippen LogP contribution in [0.5, 0.6) is 0 Å². The van der Waals surface area contributed by atoms with Crippen LogP contribution >= 0.6 is 11.3 Å². The number of hydrogen-bond donors (Lipinski definition) is 1. The van der Waals surface area contributed by atoms with E-state index in [1.807, 2.05) is 42.5 Å². The maximum Gasteiger partial charge on any atom is 0.262 e. The smallest absolute Gasteiger partial charge is 0.262 e. The molecule has 6 heteroatoms. The lowest BCUT2D eigenvalue weighted by atomic mass is 9.89. The van der Waals surface area contributed by atoms with E-state index in [0.29, 0.717) is 11.3 Å². The number of carbonyl (C=O) groups excluding carboxylic acids is 1. The minimum Gasteiger partial charge on any atom is -0.325 e. The lowest BCUT2D eigenvalue weighted by Crippen LogP contribution is -2.28. The molecule has 2 aromatic heterocycles. The predicted octanol–water partition coefficient (Wildman–Crippen LogP) is 4.37. The molecule has 29 heavy (non-hydrogen) atoms. The number of benzene rings is 2. The second-order valence-corrected chi connectivity index (χ2v) is 8.90. The second-order valence-electron chi connectivity index (χ2n) is 7.82. The lowest BCUT2D eigenvalue weighted by Gasteiger charge is -2.17. The third kappa shape index (κ3) is 3.34. The van der Waals surface area contributed by atoms with E-state index in [1.165, 1.54) is 15.8 Å². The Balaban J connectivity index is 1.41. The fourth-order valence-electron chi connectivity index (χ4n) is 4.10. The van der Waals surface area contributed by atoms with E-state index >= 15 is 0 Å². The number of aryl methyl sites for hydroxylation is 1. The van der Waals surface area contributed by atoms with Gasteiger partial charge in [-0.3, -0.25) is 14.2 Å². The minimum absolute atomic E-state index is 0.0460. The van der Waals surface area contributed by atoms with Crippen molar-refractivity contribution in [2.75, 3.05) is 5.32 Å². The van der Waals surface area contributed by atoms with Crippen molar-refractivity contribution in [2.45, 2.75) is 32.7 Å². The number of carbonyl (C=O) groups is 1. The summed E-state index contributed by atoms with van der Waals surface area (Å²) < 4.78 is 1.42. The highest BCUT2D eigenvalue weighted by molar-refractivity contribution is 7.18. The third-order valence-corrected chi connectivity index (χ3v) is 6.79. The predicted molar refractivity (Wildman–Crippen MR) is 118 cm³/mol. The van der Waals surface area contributed by atoms with Gasteiger partial charge in [0.2, 0.25) is 5.91 Å². The molecular weight excluding hydrogens is 382 g/mol. The Labute approximate surface area is 172 Å². The molecular formula is C23H21N3O2S. The van der Waals surface area contributed by atoms with E-state index < -0.39 is 0 Å². The standard InChI is InChI=1S/C23H21N3O2S/c1-14-6-9-18-19(10-14)29-22-21(18)23(28)26(13-24-22)12-20(27)25-17-8-7-15-4-2-3-5-16(15)11-17/h2-5,7-8,11,13-14H,6,9-10,12H2,1H3,(H,25,27). The van der Waals surface area contributed by atoms with E-state index in [0.717, 1.165) is 46.1 Å². The van der Waals surface area contributed by atoms with Crippen LogP contribution in [0.15, 0.2) is 53.6 Å². The van der Waals surface area contributed by atoms with Crippen LogP contribution in [0.1, 0.15) is 23.8 Å². The van der Waals surface area contributed by atoms with Gasteiger partial charge in [-0.1, -0.05) is 37.3 Å². The molecule has 1 atom stereocenters. The molecule has 1 N–H and O–H groups in total. The van der Waals surface area contributed by atoms with Crippen LogP contribution in [0.25, 0.3) is 21.0 Å². The molecule has 5 rings (SSSR count). The van der Waals surface area contributed by atoms with Crippen molar-refractivity contribution in [3.63, 3.8) is 0 Å². The number of amides is 1. The Kier molecular flexibility index (Phi) is 4.43. The highest BCUT2D eigenvalue weighted by atomic mass is 32.1. The maximum absolute atomic E-state index is 13.1. The molecule has 0 bridgehead atoms. The first-order chi connectivity index (χ1) is 14.1. The molecule has 2 heterocycles. The number of fused-ring (bicyclic) bond motifs is 4. The van der Waals surface area contributed by atoms with Gasteiger partial charge in [-0.05, 0) is 53.6 Å². The first-order valence-electron chi connectivity index (χ1n) is 9.87. The lowest BCUT2D eigenvalue weighted by molar-refractivity contribution is -0.116. The Hall–Kier alpha value is -2.99. The summed E-state index contributed by atoms with van der Waals surface area (Å²) in [7, 11) is 0. The van der Waals surface area contributed by atoms with Crippen LogP contribution in [-0.4, -0.2) is 15.5 Å². The summed E-state index contributed by atoms with van der Waals surface area (Å²) in [5.41, 5.74) is 1.75. The number of aromatic nitrogens is 2. The maximum atomic E-state index is 13.1. The Morgan fingerprint density at radius 1 is 1.24 bits per heavy atom. The average molecular weight is 404 g/mol. The Bertz CT molecular complexity index is 1300. The Morgan fingerprint density at radius 2 is 2.07 bits per heavy atom. The van der Waals surface area contributed by atoms with E-state index in [2.05, 4.69) is 17.2 Å². The van der Waals surface area contributed by atoms with Gasteiger partial charge in [-0.15, -0.1) is 11.3 Å². The van der Waals surface area contributed by atoms with Crippen LogP contribution < -0.4 is 10.9 Å². The van der Waals surface area contributed by atoms with Crippen molar-refractivity contribution in [3.8, 4) is 0 Å². The molecule has 0 fully saturated rings. The van der Waals surface area contributed by atoms with Crippen LogP contribution in [-0.2, 0) is 24.2 Å². The minimum atomic E-state index is -0.235. The Morgan fingerprint density at radius 3 is 2.93 bits per heavy atom. The van der Waals surface area contributed by atoms with Gasteiger partial charge in [-0.25, -0.2) is 4.98 Å². The summed E-state index contributed by atoms with van der Waals surface area (Å²) >= 11 is 1.62. The van der Waals surface area contributed by atoms with Crippen molar-refractivity contribution in [1.82, 2.24) is 9.55 Å². The van der Waals surface area contributed by atoms with Gasteiger partial charge < -0.3 is 5.32 Å². The summed E-state index contributed by atoms with van der Waals surface area (Å²) in [4.78, 5) is 32.2. The fraction of sp³-hybridized carbons (Fsp3) is 0.261. The molecule has 4 aromatic rings. The number of anilines is 1. The topological polar surface area (TPSA) is 64.0 Å². The molecule has 0 radical (unpaired) electrons. The molecule has 0 aliphatic heterocycles. The van der Waals surface area contributed by atoms with Gasteiger partial charge in [0.15, 0.2) is 0 Å². The highest BCUT2D eigenvalue weighted by Gasteiger charge is 2.23. The molecule has 146 valence electrons. The first-order valence-corrected chi connectivity index (χ1v) is 10.7. The quantitative estimate of drug-likeness (QED) is 0.552. The number of nitrogens with one attached hydrogen (secondary N) is 1. The van der Waals surface area contributed by atoms with E-state index in [1.54, 1.807) is 11.3 Å². The summed E-state index contributed by atoms with van der Waals surface area (Å²) in [5.74, 6) is 0.409. The zero-order valence-electron chi connectivity index (χ0n) is 16.1. The molecule has 1 aliphatic carbocycles. The van der Waals surface area contributed by atoms with Gasteiger partial charge in [0.25, 0.3) is 5.56 Å². The second kappa shape index (κ2) is 7.12. The number of rotatable bonds is 3. The van der Waals surface area contributed by atoms with Crippen molar-refractivity contribution in [1.29, 1.82) is 0 Å². The van der Waals surface area contributed by atoms with Crippen molar-refractivity contribution < 1.29 is 4.79 Å². The normalized spacial score (nSPS) is 16.1. The molecule has 1 amide bonds. The number of nitrogens with zero attached hydrogens (tertiary/aromatic N) is 2. The van der Waals surface area contributed by atoms with E-state index in [4.69, 9.17) is 0 Å². The van der Waals surface area contributed by atoms with Gasteiger partial charge in [-0.2, -0.15) is 0 Å². The summed E-state index contributed by atoms with van der Waals surface area (Å²) in [5, 5.41) is 5.78. The highest BCUT2D eigenvalue weighted by Crippen LogP contribution is 2.35. The largest absolute Gasteiger partial charge is 0.325 e. The molecule has 0 saturated heterocycles. The first kappa shape index (κ1) is 18.1. The van der Waals surface area contributed by atoms with E-state index in [-0.39, 0.29) is 18.0 Å². The molecule has 1 aliphatic rings. The SMILES string of the molecule is CC1CCc2c(sc3ncn(CC(=O)Nc4ccc5ccccc5c4)c(=O)c23)C1. The zero-order chi connectivity index (χ0) is 20.0. The van der Waals surface area contributed by atoms with Gasteiger partial charge in [0.05, 0.1) is 11.7 Å². The van der Waals surface area contributed by atoms with Gasteiger partial charge in [0, 0.05) is 10.6 Å². The molecule has 2 aromatic carbocycles. The van der Waals surface area contributed by atoms with Crippen molar-refractivity contribution in [2.24, 2.45) is 5.92 Å². The summed E-state index contributed by atoms with van der Waals surface area (Å²) in [6.45, 7) is 2.20. The zero-order valence-corrected chi connectivity index (χ0v) is 17.0. The number of hydrogen-bond acceptors (Lipinski definition) is 4.